The monoisotopic (exact) mass is 281 g/mol. The van der Waals surface area contributed by atoms with E-state index in [9.17, 15) is 0 Å². The number of nitrogens with zero attached hydrogens (tertiary/aromatic N) is 1. The first-order valence-corrected chi connectivity index (χ1v) is 7.02. The molecule has 1 aromatic rings. The number of nitrogen functional groups attached to an aromatic ring is 1. The zero-order chi connectivity index (χ0) is 13.8. The summed E-state index contributed by atoms with van der Waals surface area (Å²) in [7, 11) is 0. The smallest absolute Gasteiger partial charge is 0.124 e. The van der Waals surface area contributed by atoms with Gasteiger partial charge in [0.2, 0.25) is 0 Å². The van der Waals surface area contributed by atoms with E-state index < -0.39 is 0 Å². The van der Waals surface area contributed by atoms with Crippen LogP contribution in [0, 0.1) is 5.41 Å². The van der Waals surface area contributed by atoms with Crippen molar-refractivity contribution in [3.8, 4) is 0 Å². The Kier molecular flexibility index (Phi) is 4.66. The fourth-order valence-electron chi connectivity index (χ4n) is 2.41. The van der Waals surface area contributed by atoms with Crippen LogP contribution in [0.4, 0.5) is 5.69 Å². The highest BCUT2D eigenvalue weighted by atomic mass is 35.5. The molecule has 5 heteroatoms. The van der Waals surface area contributed by atoms with Crippen LogP contribution in [-0.4, -0.2) is 30.1 Å². The highest BCUT2D eigenvalue weighted by Gasteiger charge is 2.26. The van der Waals surface area contributed by atoms with Crippen LogP contribution >= 0.6 is 11.6 Å². The van der Waals surface area contributed by atoms with Gasteiger partial charge in [0, 0.05) is 35.5 Å². The summed E-state index contributed by atoms with van der Waals surface area (Å²) in [5.74, 6) is 0.0555. The van der Waals surface area contributed by atoms with E-state index in [0.29, 0.717) is 23.0 Å². The molecule has 1 saturated carbocycles. The third-order valence-electron chi connectivity index (χ3n) is 3.63. The number of nitrogens with one attached hydrogen (secondary N) is 1. The molecule has 0 aromatic heterocycles. The molecule has 0 spiro atoms. The lowest BCUT2D eigenvalue weighted by molar-refractivity contribution is 0.283. The van der Waals surface area contributed by atoms with Crippen LogP contribution in [0.3, 0.4) is 0 Å². The van der Waals surface area contributed by atoms with E-state index in [4.69, 9.17) is 27.9 Å². The Labute approximate surface area is 118 Å². The van der Waals surface area contributed by atoms with Gasteiger partial charge >= 0.3 is 0 Å². The summed E-state index contributed by atoms with van der Waals surface area (Å²) in [5, 5.41) is 17.4. The molecule has 0 bridgehead atoms. The molecule has 19 heavy (non-hydrogen) atoms. The van der Waals surface area contributed by atoms with Gasteiger partial charge < -0.3 is 15.7 Å². The van der Waals surface area contributed by atoms with Crippen LogP contribution in [0.5, 0.6) is 0 Å². The standard InChI is InChI=1S/C14H20ClN3O/c15-10-5-6-12(14(16)17)13(9-10)18(7-2-8-19)11-3-1-4-11/h5-6,9,11,19H,1-4,7-8H2,(H3,16,17). The number of aliphatic hydroxyl groups excluding tert-OH is 1. The molecule has 0 atom stereocenters. The van der Waals surface area contributed by atoms with Gasteiger partial charge in [-0.1, -0.05) is 11.6 Å². The zero-order valence-electron chi connectivity index (χ0n) is 10.9. The Morgan fingerprint density at radius 1 is 1.47 bits per heavy atom. The lowest BCUT2D eigenvalue weighted by Crippen LogP contribution is -2.42. The Bertz CT molecular complexity index is 460. The van der Waals surface area contributed by atoms with Crippen LogP contribution in [0.25, 0.3) is 0 Å². The van der Waals surface area contributed by atoms with Crippen molar-refractivity contribution in [2.24, 2.45) is 5.73 Å². The first kappa shape index (κ1) is 14.2. The van der Waals surface area contributed by atoms with E-state index in [-0.39, 0.29) is 12.4 Å². The van der Waals surface area contributed by atoms with E-state index in [1.54, 1.807) is 12.1 Å². The molecule has 0 aliphatic heterocycles. The first-order valence-electron chi connectivity index (χ1n) is 6.65. The predicted octanol–water partition coefficient (Wildman–Crippen LogP) is 2.37. The van der Waals surface area contributed by atoms with Gasteiger partial charge in [-0.2, -0.15) is 0 Å². The number of rotatable bonds is 6. The molecule has 4 N–H and O–H groups in total. The largest absolute Gasteiger partial charge is 0.396 e. The molecular weight excluding hydrogens is 262 g/mol. The number of benzene rings is 1. The Morgan fingerprint density at radius 2 is 2.21 bits per heavy atom. The summed E-state index contributed by atoms with van der Waals surface area (Å²) < 4.78 is 0. The van der Waals surface area contributed by atoms with Crippen molar-refractivity contribution in [3.05, 3.63) is 28.8 Å². The lowest BCUT2D eigenvalue weighted by Gasteiger charge is -2.40. The summed E-state index contributed by atoms with van der Waals surface area (Å²) >= 11 is 6.08. The maximum atomic E-state index is 9.05. The molecule has 1 aliphatic carbocycles. The minimum atomic E-state index is 0.0555. The van der Waals surface area contributed by atoms with Crippen LogP contribution in [0.15, 0.2) is 18.2 Å². The maximum Gasteiger partial charge on any atom is 0.124 e. The van der Waals surface area contributed by atoms with Gasteiger partial charge in [-0.25, -0.2) is 0 Å². The summed E-state index contributed by atoms with van der Waals surface area (Å²) in [4.78, 5) is 2.24. The quantitative estimate of drug-likeness (QED) is 0.554. The van der Waals surface area contributed by atoms with Gasteiger partial charge in [-0.05, 0) is 43.9 Å². The molecule has 1 aromatic carbocycles. The zero-order valence-corrected chi connectivity index (χ0v) is 11.7. The van der Waals surface area contributed by atoms with Crippen LogP contribution in [0.1, 0.15) is 31.2 Å². The van der Waals surface area contributed by atoms with Gasteiger partial charge in [-0.15, -0.1) is 0 Å². The highest BCUT2D eigenvalue weighted by Crippen LogP contribution is 2.33. The predicted molar refractivity (Wildman–Crippen MR) is 79.2 cm³/mol. The third-order valence-corrected chi connectivity index (χ3v) is 3.87. The van der Waals surface area contributed by atoms with Crippen molar-refractivity contribution in [1.82, 2.24) is 0 Å². The van der Waals surface area contributed by atoms with Gasteiger partial charge in [-0.3, -0.25) is 5.41 Å². The average Bonchev–Trinajstić information content (AvgIpc) is 2.31. The maximum absolute atomic E-state index is 9.05. The minimum Gasteiger partial charge on any atom is -0.396 e. The Hall–Kier alpha value is -1.26. The second-order valence-corrected chi connectivity index (χ2v) is 5.37. The van der Waals surface area contributed by atoms with Gasteiger partial charge in [0.1, 0.15) is 5.84 Å². The number of halogens is 1. The molecule has 104 valence electrons. The molecule has 0 radical (unpaired) electrons. The van der Waals surface area contributed by atoms with E-state index in [0.717, 1.165) is 25.1 Å². The molecule has 1 fully saturated rings. The topological polar surface area (TPSA) is 73.3 Å². The molecule has 0 unspecified atom stereocenters. The summed E-state index contributed by atoms with van der Waals surface area (Å²) in [6.45, 7) is 0.932. The molecule has 4 nitrogen and oxygen atoms in total. The second-order valence-electron chi connectivity index (χ2n) is 4.93. The summed E-state index contributed by atoms with van der Waals surface area (Å²) in [5.41, 5.74) is 7.29. The number of anilines is 1. The van der Waals surface area contributed by atoms with Crippen molar-refractivity contribution in [2.45, 2.75) is 31.7 Å². The van der Waals surface area contributed by atoms with Gasteiger partial charge in [0.25, 0.3) is 0 Å². The van der Waals surface area contributed by atoms with Crippen LogP contribution in [-0.2, 0) is 0 Å². The van der Waals surface area contributed by atoms with E-state index in [1.165, 1.54) is 6.42 Å². The molecule has 0 saturated heterocycles. The highest BCUT2D eigenvalue weighted by molar-refractivity contribution is 6.31. The lowest BCUT2D eigenvalue weighted by atomic mass is 9.90. The van der Waals surface area contributed by atoms with Crippen molar-refractivity contribution < 1.29 is 5.11 Å². The molecule has 1 aliphatic rings. The fourth-order valence-corrected chi connectivity index (χ4v) is 2.58. The van der Waals surface area contributed by atoms with E-state index >= 15 is 0 Å². The third kappa shape index (κ3) is 3.19. The number of aliphatic hydroxyl groups is 1. The Morgan fingerprint density at radius 3 is 2.74 bits per heavy atom. The number of hydrogen-bond acceptors (Lipinski definition) is 3. The molecular formula is C14H20ClN3O. The van der Waals surface area contributed by atoms with Gasteiger partial charge in [0.05, 0.1) is 0 Å². The van der Waals surface area contributed by atoms with E-state index in [1.807, 2.05) is 6.07 Å². The second kappa shape index (κ2) is 6.26. The van der Waals surface area contributed by atoms with Crippen molar-refractivity contribution in [1.29, 1.82) is 5.41 Å². The van der Waals surface area contributed by atoms with Crippen molar-refractivity contribution in [3.63, 3.8) is 0 Å². The molecule has 0 amide bonds. The van der Waals surface area contributed by atoms with Crippen LogP contribution in [0.2, 0.25) is 5.02 Å². The summed E-state index contributed by atoms with van der Waals surface area (Å²) in [6, 6.07) is 5.90. The fraction of sp³-hybridized carbons (Fsp3) is 0.500. The van der Waals surface area contributed by atoms with Gasteiger partial charge in [0.15, 0.2) is 0 Å². The summed E-state index contributed by atoms with van der Waals surface area (Å²) in [6.07, 6.45) is 4.24. The number of amidine groups is 1. The SMILES string of the molecule is N=C(N)c1ccc(Cl)cc1N(CCCO)C1CCC1. The number of hydrogen-bond donors (Lipinski definition) is 3. The Balaban J connectivity index is 2.33. The minimum absolute atomic E-state index is 0.0555. The van der Waals surface area contributed by atoms with Crippen molar-refractivity contribution in [2.75, 3.05) is 18.1 Å². The van der Waals surface area contributed by atoms with Crippen LogP contribution < -0.4 is 10.6 Å². The van der Waals surface area contributed by atoms with E-state index in [2.05, 4.69) is 4.90 Å². The average molecular weight is 282 g/mol. The molecule has 2 rings (SSSR count). The first-order chi connectivity index (χ1) is 9.13. The van der Waals surface area contributed by atoms with Crippen molar-refractivity contribution >= 4 is 23.1 Å². The normalized spacial score (nSPS) is 15.1. The molecule has 0 heterocycles. The number of nitrogens with two attached hydrogens (primary N) is 1.